The number of hydrogen-bond acceptors (Lipinski definition) is 0. The maximum atomic E-state index is 3.59. The van der Waals surface area contributed by atoms with Gasteiger partial charge in [0, 0.05) is 23.3 Å². The van der Waals surface area contributed by atoms with Crippen molar-refractivity contribution in [2.45, 2.75) is 78.1 Å². The van der Waals surface area contributed by atoms with Crippen molar-refractivity contribution in [2.24, 2.45) is 0 Å². The Hall–Kier alpha value is -1.44. The molecule has 0 saturated carbocycles. The fraction of sp³-hybridized carbons (Fsp3) is 0.600. The highest BCUT2D eigenvalue weighted by Gasteiger charge is 2.14. The average molecular weight is 300 g/mol. The molecule has 0 saturated heterocycles. The van der Waals surface area contributed by atoms with Crippen molar-refractivity contribution in [3.05, 3.63) is 47.0 Å². The summed E-state index contributed by atoms with van der Waals surface area (Å²) in [5, 5.41) is 0. The van der Waals surface area contributed by atoms with Crippen molar-refractivity contribution in [2.75, 3.05) is 0 Å². The monoisotopic (exact) mass is 300 g/mol. The molecule has 2 N–H and O–H groups in total. The first-order chi connectivity index (χ1) is 10.4. The minimum Gasteiger partial charge on any atom is -0.364 e. The number of rotatable bonds is 7. The van der Waals surface area contributed by atoms with E-state index < -0.39 is 0 Å². The van der Waals surface area contributed by atoms with Crippen molar-refractivity contribution >= 4 is 0 Å². The van der Waals surface area contributed by atoms with E-state index in [4.69, 9.17) is 0 Å². The van der Waals surface area contributed by atoms with Crippen molar-refractivity contribution in [1.82, 2.24) is 9.97 Å². The second-order valence-electron chi connectivity index (χ2n) is 7.45. The predicted octanol–water partition coefficient (Wildman–Crippen LogP) is 6.28. The van der Waals surface area contributed by atoms with E-state index in [0.29, 0.717) is 23.7 Å². The zero-order chi connectivity index (χ0) is 16.3. The largest absolute Gasteiger partial charge is 0.364 e. The van der Waals surface area contributed by atoms with Crippen molar-refractivity contribution in [1.29, 1.82) is 0 Å². The SMILES string of the molecule is CC(C)c1cc(C(C)CCC(C)c2ccc(C(C)C)[nH]2)c[nH]1. The Morgan fingerprint density at radius 2 is 1.36 bits per heavy atom. The topological polar surface area (TPSA) is 31.6 Å². The standard InChI is InChI=1S/C20H32N2/c1-13(2)18-9-10-19(22-18)16(6)8-7-15(5)17-11-20(14(3)4)21-12-17/h9-16,21-22H,7-8H2,1-6H3. The first-order valence-corrected chi connectivity index (χ1v) is 8.75. The summed E-state index contributed by atoms with van der Waals surface area (Å²) in [5.74, 6) is 2.37. The first-order valence-electron chi connectivity index (χ1n) is 8.75. The summed E-state index contributed by atoms with van der Waals surface area (Å²) < 4.78 is 0. The fourth-order valence-electron chi connectivity index (χ4n) is 2.92. The second kappa shape index (κ2) is 7.21. The van der Waals surface area contributed by atoms with E-state index in [-0.39, 0.29) is 0 Å². The van der Waals surface area contributed by atoms with Gasteiger partial charge in [0.25, 0.3) is 0 Å². The first kappa shape index (κ1) is 16.9. The molecule has 2 nitrogen and oxygen atoms in total. The van der Waals surface area contributed by atoms with Crippen LogP contribution < -0.4 is 0 Å². The molecule has 2 heterocycles. The highest BCUT2D eigenvalue weighted by Crippen LogP contribution is 2.29. The Bertz CT molecular complexity index is 522. The number of hydrogen-bond donors (Lipinski definition) is 2. The quantitative estimate of drug-likeness (QED) is 0.603. The van der Waals surface area contributed by atoms with Gasteiger partial charge in [-0.25, -0.2) is 0 Å². The molecule has 0 aliphatic rings. The third kappa shape index (κ3) is 4.06. The molecule has 0 radical (unpaired) electrons. The van der Waals surface area contributed by atoms with Gasteiger partial charge in [0.1, 0.15) is 0 Å². The Morgan fingerprint density at radius 3 is 1.91 bits per heavy atom. The van der Waals surface area contributed by atoms with Crippen LogP contribution in [0.15, 0.2) is 24.4 Å². The lowest BCUT2D eigenvalue weighted by Gasteiger charge is -2.14. The summed E-state index contributed by atoms with van der Waals surface area (Å²) in [6.45, 7) is 13.6. The van der Waals surface area contributed by atoms with E-state index in [1.165, 1.54) is 35.5 Å². The molecule has 2 atom stereocenters. The minimum absolute atomic E-state index is 0.577. The smallest absolute Gasteiger partial charge is 0.0178 e. The van der Waals surface area contributed by atoms with Crippen LogP contribution >= 0.6 is 0 Å². The van der Waals surface area contributed by atoms with Gasteiger partial charge in [-0.2, -0.15) is 0 Å². The van der Waals surface area contributed by atoms with Crippen LogP contribution in [0.3, 0.4) is 0 Å². The van der Waals surface area contributed by atoms with Gasteiger partial charge < -0.3 is 9.97 Å². The molecule has 2 aromatic heterocycles. The minimum atomic E-state index is 0.577. The van der Waals surface area contributed by atoms with E-state index in [1.54, 1.807) is 0 Å². The predicted molar refractivity (Wildman–Crippen MR) is 95.8 cm³/mol. The molecule has 0 fully saturated rings. The molecule has 0 bridgehead atoms. The average Bonchev–Trinajstić information content (AvgIpc) is 3.12. The Labute approximate surface area is 135 Å². The maximum absolute atomic E-state index is 3.59. The fourth-order valence-corrected chi connectivity index (χ4v) is 2.92. The molecule has 2 heteroatoms. The van der Waals surface area contributed by atoms with E-state index in [2.05, 4.69) is 75.9 Å². The van der Waals surface area contributed by atoms with Crippen LogP contribution in [0.2, 0.25) is 0 Å². The Morgan fingerprint density at radius 1 is 0.773 bits per heavy atom. The molecular formula is C20H32N2. The zero-order valence-corrected chi connectivity index (χ0v) is 15.0. The molecule has 2 unspecified atom stereocenters. The lowest BCUT2D eigenvalue weighted by Crippen LogP contribution is -1.99. The molecule has 122 valence electrons. The van der Waals surface area contributed by atoms with Crippen molar-refractivity contribution < 1.29 is 0 Å². The highest BCUT2D eigenvalue weighted by atomic mass is 14.7. The molecule has 0 aromatic carbocycles. The summed E-state index contributed by atoms with van der Waals surface area (Å²) in [5.41, 5.74) is 5.53. The molecule has 2 rings (SSSR count). The van der Waals surface area contributed by atoms with Gasteiger partial charge in [-0.1, -0.05) is 41.5 Å². The van der Waals surface area contributed by atoms with Gasteiger partial charge in [0.2, 0.25) is 0 Å². The van der Waals surface area contributed by atoms with E-state index in [1.807, 2.05) is 0 Å². The summed E-state index contributed by atoms with van der Waals surface area (Å²) in [4.78, 5) is 7.00. The molecule has 0 aliphatic heterocycles. The highest BCUT2D eigenvalue weighted by molar-refractivity contribution is 5.23. The van der Waals surface area contributed by atoms with Crippen molar-refractivity contribution in [3.8, 4) is 0 Å². The van der Waals surface area contributed by atoms with Gasteiger partial charge in [0.15, 0.2) is 0 Å². The second-order valence-corrected chi connectivity index (χ2v) is 7.45. The zero-order valence-electron chi connectivity index (χ0n) is 15.0. The van der Waals surface area contributed by atoms with Crippen molar-refractivity contribution in [3.63, 3.8) is 0 Å². The van der Waals surface area contributed by atoms with Crippen LogP contribution in [0, 0.1) is 0 Å². The molecule has 0 amide bonds. The van der Waals surface area contributed by atoms with E-state index >= 15 is 0 Å². The molecule has 22 heavy (non-hydrogen) atoms. The van der Waals surface area contributed by atoms with E-state index in [0.717, 1.165) is 0 Å². The summed E-state index contributed by atoms with van der Waals surface area (Å²) >= 11 is 0. The molecule has 0 spiro atoms. The van der Waals surface area contributed by atoms with Crippen LogP contribution in [0.1, 0.15) is 101 Å². The van der Waals surface area contributed by atoms with Crippen LogP contribution in [-0.2, 0) is 0 Å². The summed E-state index contributed by atoms with van der Waals surface area (Å²) in [7, 11) is 0. The lowest BCUT2D eigenvalue weighted by atomic mass is 9.92. The third-order valence-corrected chi connectivity index (χ3v) is 4.84. The van der Waals surface area contributed by atoms with Gasteiger partial charge in [0.05, 0.1) is 0 Å². The van der Waals surface area contributed by atoms with Crippen LogP contribution in [0.4, 0.5) is 0 Å². The van der Waals surface area contributed by atoms with E-state index in [9.17, 15) is 0 Å². The lowest BCUT2D eigenvalue weighted by molar-refractivity contribution is 0.566. The normalized spacial score (nSPS) is 14.7. The maximum Gasteiger partial charge on any atom is 0.0178 e. The van der Waals surface area contributed by atoms with Crippen LogP contribution in [-0.4, -0.2) is 9.97 Å². The summed E-state index contributed by atoms with van der Waals surface area (Å²) in [6, 6.07) is 6.84. The van der Waals surface area contributed by atoms with Gasteiger partial charge in [-0.15, -0.1) is 0 Å². The van der Waals surface area contributed by atoms with Gasteiger partial charge in [-0.05, 0) is 60.3 Å². The molecular weight excluding hydrogens is 268 g/mol. The van der Waals surface area contributed by atoms with Crippen LogP contribution in [0.5, 0.6) is 0 Å². The number of aromatic nitrogens is 2. The third-order valence-electron chi connectivity index (χ3n) is 4.84. The molecule has 2 aromatic rings. The Balaban J connectivity index is 1.90. The van der Waals surface area contributed by atoms with Crippen LogP contribution in [0.25, 0.3) is 0 Å². The number of aromatic amines is 2. The number of nitrogens with one attached hydrogen (secondary N) is 2. The number of H-pyrrole nitrogens is 2. The molecule has 0 aliphatic carbocycles. The summed E-state index contributed by atoms with van der Waals surface area (Å²) in [6.07, 6.45) is 4.64. The Kier molecular flexibility index (Phi) is 5.55. The van der Waals surface area contributed by atoms with Gasteiger partial charge >= 0.3 is 0 Å². The van der Waals surface area contributed by atoms with Gasteiger partial charge in [-0.3, -0.25) is 0 Å².